The number of carbonyl (C=O) groups is 1. The van der Waals surface area contributed by atoms with Gasteiger partial charge in [0.25, 0.3) is 0 Å². The van der Waals surface area contributed by atoms with Crippen molar-refractivity contribution in [3.8, 4) is 11.4 Å². The molecule has 162 valence electrons. The van der Waals surface area contributed by atoms with E-state index in [0.29, 0.717) is 10.7 Å². The number of nitrogens with zero attached hydrogens (tertiary/aromatic N) is 3. The number of nitrogens with one attached hydrogen (secondary N) is 1. The molecular weight excluding hydrogens is 433 g/mol. The topological polar surface area (TPSA) is 69.0 Å². The van der Waals surface area contributed by atoms with Crippen molar-refractivity contribution in [3.05, 3.63) is 65.5 Å². The number of aromatic nitrogens is 3. The Kier molecular flexibility index (Phi) is 6.65. The third-order valence-electron chi connectivity index (χ3n) is 3.88. The number of hydrogen-bond donors (Lipinski definition) is 1. The highest BCUT2D eigenvalue weighted by atomic mass is 35.5. The number of alkyl halides is 3. The summed E-state index contributed by atoms with van der Waals surface area (Å²) in [5.41, 5.74) is 0.0800. The highest BCUT2D eigenvalue weighted by Crippen LogP contribution is 2.35. The largest absolute Gasteiger partial charge is 0.460 e. The normalized spacial score (nSPS) is 11.8. The SMILES string of the molecule is CC(C)OC(=O)/C=C/n1cnc(-c2cc(Nc3ccc(Cl)cc3)cc(C(F)(F)F)c2)n1. The fraction of sp³-hybridized carbons (Fsp3) is 0.190. The molecule has 10 heteroatoms. The second-order valence-corrected chi connectivity index (χ2v) is 7.21. The van der Waals surface area contributed by atoms with E-state index in [0.717, 1.165) is 18.2 Å². The van der Waals surface area contributed by atoms with Crippen LogP contribution in [-0.4, -0.2) is 26.8 Å². The molecule has 3 aromatic rings. The van der Waals surface area contributed by atoms with Crippen molar-refractivity contribution in [3.63, 3.8) is 0 Å². The van der Waals surface area contributed by atoms with Gasteiger partial charge < -0.3 is 10.1 Å². The fourth-order valence-electron chi connectivity index (χ4n) is 2.58. The molecule has 3 rings (SSSR count). The average Bonchev–Trinajstić information content (AvgIpc) is 3.16. The van der Waals surface area contributed by atoms with Crippen LogP contribution in [0.1, 0.15) is 19.4 Å². The van der Waals surface area contributed by atoms with Crippen LogP contribution >= 0.6 is 11.6 Å². The maximum absolute atomic E-state index is 13.4. The van der Waals surface area contributed by atoms with Crippen molar-refractivity contribution < 1.29 is 22.7 Å². The van der Waals surface area contributed by atoms with Crippen molar-refractivity contribution in [2.45, 2.75) is 26.1 Å². The summed E-state index contributed by atoms with van der Waals surface area (Å²) in [5.74, 6) is -0.507. The van der Waals surface area contributed by atoms with Gasteiger partial charge in [-0.3, -0.25) is 0 Å². The number of carbonyl (C=O) groups excluding carboxylic acids is 1. The predicted octanol–water partition coefficient (Wildman–Crippen LogP) is 5.78. The molecule has 0 saturated carbocycles. The van der Waals surface area contributed by atoms with Gasteiger partial charge >= 0.3 is 12.1 Å². The van der Waals surface area contributed by atoms with Gasteiger partial charge in [-0.05, 0) is 56.3 Å². The van der Waals surface area contributed by atoms with Gasteiger partial charge in [0.15, 0.2) is 5.82 Å². The summed E-state index contributed by atoms with van der Waals surface area (Å²) in [6.07, 6.45) is -1.10. The number of rotatable bonds is 6. The highest BCUT2D eigenvalue weighted by Gasteiger charge is 2.31. The molecule has 0 bridgehead atoms. The lowest BCUT2D eigenvalue weighted by Crippen LogP contribution is -2.08. The molecule has 0 aliphatic rings. The van der Waals surface area contributed by atoms with Crippen molar-refractivity contribution in [2.24, 2.45) is 0 Å². The van der Waals surface area contributed by atoms with E-state index in [1.165, 1.54) is 23.3 Å². The van der Waals surface area contributed by atoms with Gasteiger partial charge in [-0.2, -0.15) is 13.2 Å². The number of esters is 1. The molecule has 0 fully saturated rings. The van der Waals surface area contributed by atoms with Crippen LogP contribution in [0.2, 0.25) is 5.02 Å². The van der Waals surface area contributed by atoms with Crippen molar-refractivity contribution in [2.75, 3.05) is 5.32 Å². The average molecular weight is 451 g/mol. The van der Waals surface area contributed by atoms with Gasteiger partial charge in [0, 0.05) is 34.2 Å². The molecule has 0 amide bonds. The lowest BCUT2D eigenvalue weighted by Gasteiger charge is -2.13. The first-order valence-corrected chi connectivity index (χ1v) is 9.53. The van der Waals surface area contributed by atoms with Crippen molar-refractivity contribution >= 4 is 35.1 Å². The molecule has 1 aromatic heterocycles. The van der Waals surface area contributed by atoms with Gasteiger partial charge in [0.1, 0.15) is 6.33 Å². The van der Waals surface area contributed by atoms with E-state index in [4.69, 9.17) is 16.3 Å². The van der Waals surface area contributed by atoms with Crippen molar-refractivity contribution in [1.29, 1.82) is 0 Å². The zero-order chi connectivity index (χ0) is 22.6. The molecule has 0 radical (unpaired) electrons. The summed E-state index contributed by atoms with van der Waals surface area (Å²) < 4.78 is 46.4. The van der Waals surface area contributed by atoms with Gasteiger partial charge in [-0.1, -0.05) is 11.6 Å². The molecule has 0 spiro atoms. The first kappa shape index (κ1) is 22.4. The van der Waals surface area contributed by atoms with Crippen LogP contribution in [0.5, 0.6) is 0 Å². The Labute approximate surface area is 181 Å². The van der Waals surface area contributed by atoms with Gasteiger partial charge in [-0.15, -0.1) is 5.10 Å². The first-order chi connectivity index (χ1) is 14.6. The number of ether oxygens (including phenoxy) is 1. The molecule has 1 N–H and O–H groups in total. The predicted molar refractivity (Wildman–Crippen MR) is 112 cm³/mol. The van der Waals surface area contributed by atoms with E-state index < -0.39 is 17.7 Å². The summed E-state index contributed by atoms with van der Waals surface area (Å²) >= 11 is 5.85. The Balaban J connectivity index is 1.90. The lowest BCUT2D eigenvalue weighted by atomic mass is 10.1. The van der Waals surface area contributed by atoms with Crippen LogP contribution in [0.25, 0.3) is 17.6 Å². The highest BCUT2D eigenvalue weighted by molar-refractivity contribution is 6.30. The maximum Gasteiger partial charge on any atom is 0.416 e. The van der Waals surface area contributed by atoms with Gasteiger partial charge in [0.2, 0.25) is 0 Å². The number of anilines is 2. The smallest absolute Gasteiger partial charge is 0.416 e. The molecule has 0 aliphatic heterocycles. The van der Waals surface area contributed by atoms with Gasteiger partial charge in [-0.25, -0.2) is 14.5 Å². The second kappa shape index (κ2) is 9.22. The zero-order valence-electron chi connectivity index (χ0n) is 16.5. The Morgan fingerprint density at radius 2 is 1.87 bits per heavy atom. The molecular formula is C21H18ClF3N4O2. The third kappa shape index (κ3) is 6.32. The van der Waals surface area contributed by atoms with E-state index in [9.17, 15) is 18.0 Å². The lowest BCUT2D eigenvalue weighted by molar-refractivity contribution is -0.141. The molecule has 1 heterocycles. The minimum atomic E-state index is -4.56. The number of hydrogen-bond acceptors (Lipinski definition) is 5. The second-order valence-electron chi connectivity index (χ2n) is 6.78. The standard InChI is InChI=1S/C21H18ClF3N4O2/c1-13(2)31-19(30)7-8-29-12-26-20(28-29)14-9-15(21(23,24)25)11-18(10-14)27-17-5-3-16(22)4-6-17/h3-13,27H,1-2H3/b8-7+. The summed E-state index contributed by atoms with van der Waals surface area (Å²) in [7, 11) is 0. The Morgan fingerprint density at radius 1 is 1.16 bits per heavy atom. The molecule has 2 aromatic carbocycles. The maximum atomic E-state index is 13.4. The Bertz CT molecular complexity index is 1090. The number of benzene rings is 2. The van der Waals surface area contributed by atoms with E-state index in [2.05, 4.69) is 15.4 Å². The number of halogens is 4. The minimum absolute atomic E-state index is 0.0622. The molecule has 0 aliphatic carbocycles. The minimum Gasteiger partial charge on any atom is -0.460 e. The van der Waals surface area contributed by atoms with Crippen LogP contribution in [-0.2, 0) is 15.7 Å². The van der Waals surface area contributed by atoms with Crippen LogP contribution < -0.4 is 5.32 Å². The first-order valence-electron chi connectivity index (χ1n) is 9.15. The Morgan fingerprint density at radius 3 is 2.52 bits per heavy atom. The molecule has 31 heavy (non-hydrogen) atoms. The van der Waals surface area contributed by atoms with E-state index in [-0.39, 0.29) is 23.2 Å². The zero-order valence-corrected chi connectivity index (χ0v) is 17.3. The monoisotopic (exact) mass is 450 g/mol. The summed E-state index contributed by atoms with van der Waals surface area (Å²) in [5, 5.41) is 7.55. The van der Waals surface area contributed by atoms with Crippen LogP contribution in [0, 0.1) is 0 Å². The van der Waals surface area contributed by atoms with Gasteiger partial charge in [0.05, 0.1) is 11.7 Å². The summed E-state index contributed by atoms with van der Waals surface area (Å²) in [6.45, 7) is 3.42. The van der Waals surface area contributed by atoms with Crippen LogP contribution in [0.15, 0.2) is 54.9 Å². The molecule has 0 atom stereocenters. The third-order valence-corrected chi connectivity index (χ3v) is 4.13. The molecule has 0 unspecified atom stereocenters. The Hall–Kier alpha value is -3.33. The summed E-state index contributed by atoms with van der Waals surface area (Å²) in [4.78, 5) is 15.6. The van der Waals surface area contributed by atoms with E-state index in [1.54, 1.807) is 38.1 Å². The summed E-state index contributed by atoms with van der Waals surface area (Å²) in [6, 6.07) is 10.0. The van der Waals surface area contributed by atoms with E-state index >= 15 is 0 Å². The molecule has 0 saturated heterocycles. The molecule has 6 nitrogen and oxygen atoms in total. The van der Waals surface area contributed by atoms with E-state index in [1.807, 2.05) is 0 Å². The van der Waals surface area contributed by atoms with Crippen LogP contribution in [0.3, 0.4) is 0 Å². The quantitative estimate of drug-likeness (QED) is 0.380. The van der Waals surface area contributed by atoms with Crippen molar-refractivity contribution in [1.82, 2.24) is 14.8 Å². The fourth-order valence-corrected chi connectivity index (χ4v) is 2.71. The van der Waals surface area contributed by atoms with Crippen LogP contribution in [0.4, 0.5) is 24.5 Å².